The molecule has 0 saturated heterocycles. The van der Waals surface area contributed by atoms with E-state index in [1.807, 2.05) is 17.6 Å². The maximum atomic E-state index is 9.47. The van der Waals surface area contributed by atoms with Gasteiger partial charge in [-0.15, -0.1) is 11.3 Å². The lowest BCUT2D eigenvalue weighted by molar-refractivity contribution is 0.273. The second-order valence-electron chi connectivity index (χ2n) is 4.12. The third kappa shape index (κ3) is 2.56. The normalized spacial score (nSPS) is 12.7. The molecule has 0 unspecified atom stereocenters. The molecule has 3 aromatic rings. The van der Waals surface area contributed by atoms with E-state index in [2.05, 4.69) is 25.3 Å². The number of aromatic nitrogens is 4. The van der Waals surface area contributed by atoms with Gasteiger partial charge in [0.05, 0.1) is 23.0 Å². The number of nitrogens with one attached hydrogen (secondary N) is 2. The van der Waals surface area contributed by atoms with Crippen molar-refractivity contribution in [3.63, 3.8) is 0 Å². The molecule has 0 spiro atoms. The van der Waals surface area contributed by atoms with Crippen LogP contribution in [0.1, 0.15) is 5.01 Å². The SMILES string of the molecule is OC[C@H](Cc1nccs1)Nc1ncnc2[nH]ccc12. The Morgan fingerprint density at radius 1 is 1.37 bits per heavy atom. The van der Waals surface area contributed by atoms with Crippen LogP contribution in [0.4, 0.5) is 5.82 Å². The van der Waals surface area contributed by atoms with Crippen LogP contribution >= 0.6 is 11.3 Å². The molecule has 3 heterocycles. The Morgan fingerprint density at radius 3 is 3.11 bits per heavy atom. The minimum atomic E-state index is -0.112. The molecule has 98 valence electrons. The Balaban J connectivity index is 1.80. The van der Waals surface area contributed by atoms with E-state index in [1.165, 1.54) is 6.33 Å². The highest BCUT2D eigenvalue weighted by molar-refractivity contribution is 7.09. The Labute approximate surface area is 113 Å². The number of H-pyrrole nitrogens is 1. The molecule has 0 aliphatic rings. The first-order valence-corrected chi connectivity index (χ1v) is 6.78. The van der Waals surface area contributed by atoms with Gasteiger partial charge in [0.25, 0.3) is 0 Å². The molecule has 6 nitrogen and oxygen atoms in total. The summed E-state index contributed by atoms with van der Waals surface area (Å²) >= 11 is 1.58. The van der Waals surface area contributed by atoms with Gasteiger partial charge in [0.1, 0.15) is 17.8 Å². The fourth-order valence-electron chi connectivity index (χ4n) is 1.91. The van der Waals surface area contributed by atoms with Crippen molar-refractivity contribution in [3.8, 4) is 0 Å². The van der Waals surface area contributed by atoms with E-state index < -0.39 is 0 Å². The quantitative estimate of drug-likeness (QED) is 0.655. The highest BCUT2D eigenvalue weighted by atomic mass is 32.1. The lowest BCUT2D eigenvalue weighted by Crippen LogP contribution is -2.26. The first-order chi connectivity index (χ1) is 9.36. The summed E-state index contributed by atoms with van der Waals surface area (Å²) in [6, 6.07) is 1.80. The van der Waals surface area contributed by atoms with Gasteiger partial charge in [0.2, 0.25) is 0 Å². The van der Waals surface area contributed by atoms with Crippen LogP contribution in [-0.2, 0) is 6.42 Å². The van der Waals surface area contributed by atoms with Gasteiger partial charge < -0.3 is 15.4 Å². The maximum absolute atomic E-state index is 9.47. The molecule has 0 amide bonds. The first kappa shape index (κ1) is 12.1. The van der Waals surface area contributed by atoms with E-state index in [-0.39, 0.29) is 12.6 Å². The molecule has 0 aliphatic carbocycles. The van der Waals surface area contributed by atoms with E-state index >= 15 is 0 Å². The highest BCUT2D eigenvalue weighted by Crippen LogP contribution is 2.19. The van der Waals surface area contributed by atoms with E-state index in [4.69, 9.17) is 0 Å². The summed E-state index contributed by atoms with van der Waals surface area (Å²) in [5, 5.41) is 16.6. The standard InChI is InChI=1S/C12H13N5OS/c18-6-8(5-10-13-3-4-19-10)17-12-9-1-2-14-11(9)15-7-16-12/h1-4,7-8,18H,5-6H2,(H2,14,15,16,17)/t8-/m0/s1. The molecule has 0 aromatic carbocycles. The van der Waals surface area contributed by atoms with Crippen LogP contribution in [0.15, 0.2) is 30.2 Å². The molecule has 0 saturated carbocycles. The molecule has 19 heavy (non-hydrogen) atoms. The van der Waals surface area contributed by atoms with Crippen LogP contribution in [0.5, 0.6) is 0 Å². The van der Waals surface area contributed by atoms with Gasteiger partial charge in [-0.1, -0.05) is 0 Å². The minimum Gasteiger partial charge on any atom is -0.394 e. The number of hydrogen-bond donors (Lipinski definition) is 3. The second kappa shape index (κ2) is 5.33. The maximum Gasteiger partial charge on any atom is 0.142 e. The number of nitrogens with zero attached hydrogens (tertiary/aromatic N) is 3. The topological polar surface area (TPSA) is 86.7 Å². The zero-order chi connectivity index (χ0) is 13.1. The zero-order valence-corrected chi connectivity index (χ0v) is 10.9. The van der Waals surface area contributed by atoms with Gasteiger partial charge >= 0.3 is 0 Å². The summed E-state index contributed by atoms with van der Waals surface area (Å²) in [5.41, 5.74) is 0.781. The van der Waals surface area contributed by atoms with Gasteiger partial charge in [-0.25, -0.2) is 15.0 Å². The predicted molar refractivity (Wildman–Crippen MR) is 74.2 cm³/mol. The summed E-state index contributed by atoms with van der Waals surface area (Å²) < 4.78 is 0. The lowest BCUT2D eigenvalue weighted by atomic mass is 10.2. The third-order valence-electron chi connectivity index (χ3n) is 2.82. The number of fused-ring (bicyclic) bond motifs is 1. The second-order valence-corrected chi connectivity index (χ2v) is 5.10. The smallest absolute Gasteiger partial charge is 0.142 e. The molecule has 1 atom stereocenters. The van der Waals surface area contributed by atoms with E-state index in [0.29, 0.717) is 6.42 Å². The van der Waals surface area contributed by atoms with Gasteiger partial charge in [-0.2, -0.15) is 0 Å². The van der Waals surface area contributed by atoms with Crippen molar-refractivity contribution in [2.75, 3.05) is 11.9 Å². The number of hydrogen-bond acceptors (Lipinski definition) is 6. The number of aliphatic hydroxyl groups excluding tert-OH is 1. The number of aromatic amines is 1. The van der Waals surface area contributed by atoms with Crippen molar-refractivity contribution in [2.24, 2.45) is 0 Å². The van der Waals surface area contributed by atoms with Crippen LogP contribution in [0.2, 0.25) is 0 Å². The van der Waals surface area contributed by atoms with Crippen molar-refractivity contribution >= 4 is 28.2 Å². The van der Waals surface area contributed by atoms with Crippen molar-refractivity contribution in [2.45, 2.75) is 12.5 Å². The molecular formula is C12H13N5OS. The Bertz CT molecular complexity index is 651. The summed E-state index contributed by atoms with van der Waals surface area (Å²) in [6.07, 6.45) is 5.76. The summed E-state index contributed by atoms with van der Waals surface area (Å²) in [6.45, 7) is 0.0233. The summed E-state index contributed by atoms with van der Waals surface area (Å²) in [4.78, 5) is 15.6. The van der Waals surface area contributed by atoms with E-state index in [1.54, 1.807) is 17.5 Å². The molecule has 3 N–H and O–H groups in total. The molecule has 3 aromatic heterocycles. The van der Waals surface area contributed by atoms with Gasteiger partial charge in [0.15, 0.2) is 0 Å². The van der Waals surface area contributed by atoms with Crippen LogP contribution in [-0.4, -0.2) is 37.7 Å². The highest BCUT2D eigenvalue weighted by Gasteiger charge is 2.13. The average Bonchev–Trinajstić information content (AvgIpc) is 3.08. The average molecular weight is 275 g/mol. The fourth-order valence-corrected chi connectivity index (χ4v) is 2.60. The van der Waals surface area contributed by atoms with Crippen molar-refractivity contribution in [1.82, 2.24) is 19.9 Å². The lowest BCUT2D eigenvalue weighted by Gasteiger charge is -2.15. The molecule has 0 fully saturated rings. The molecule has 0 radical (unpaired) electrons. The Hall–Kier alpha value is -1.99. The molecule has 7 heteroatoms. The van der Waals surface area contributed by atoms with Crippen molar-refractivity contribution in [1.29, 1.82) is 0 Å². The number of rotatable bonds is 5. The molecule has 0 bridgehead atoms. The number of anilines is 1. The fraction of sp³-hybridized carbons (Fsp3) is 0.250. The zero-order valence-electron chi connectivity index (χ0n) is 10.1. The van der Waals surface area contributed by atoms with Crippen LogP contribution in [0, 0.1) is 0 Å². The minimum absolute atomic E-state index is 0.0233. The molecule has 0 aliphatic heterocycles. The van der Waals surface area contributed by atoms with Gasteiger partial charge in [-0.3, -0.25) is 0 Å². The van der Waals surface area contributed by atoms with Crippen molar-refractivity contribution < 1.29 is 5.11 Å². The summed E-state index contributed by atoms with van der Waals surface area (Å²) in [5.74, 6) is 0.724. The van der Waals surface area contributed by atoms with Gasteiger partial charge in [0, 0.05) is 24.2 Å². The monoisotopic (exact) mass is 275 g/mol. The number of aliphatic hydroxyl groups is 1. The van der Waals surface area contributed by atoms with Crippen LogP contribution in [0.25, 0.3) is 11.0 Å². The van der Waals surface area contributed by atoms with Crippen LogP contribution < -0.4 is 5.32 Å². The number of thiazole rings is 1. The Morgan fingerprint density at radius 2 is 2.32 bits per heavy atom. The summed E-state index contributed by atoms with van der Waals surface area (Å²) in [7, 11) is 0. The van der Waals surface area contributed by atoms with E-state index in [9.17, 15) is 5.11 Å². The van der Waals surface area contributed by atoms with Crippen LogP contribution in [0.3, 0.4) is 0 Å². The largest absolute Gasteiger partial charge is 0.394 e. The van der Waals surface area contributed by atoms with Gasteiger partial charge in [-0.05, 0) is 6.07 Å². The molecular weight excluding hydrogens is 262 g/mol. The van der Waals surface area contributed by atoms with E-state index in [0.717, 1.165) is 21.9 Å². The Kier molecular flexibility index (Phi) is 3.39. The van der Waals surface area contributed by atoms with Crippen molar-refractivity contribution in [3.05, 3.63) is 35.2 Å². The third-order valence-corrected chi connectivity index (χ3v) is 3.62. The molecule has 3 rings (SSSR count). The predicted octanol–water partition coefficient (Wildman–Crippen LogP) is 1.43. The first-order valence-electron chi connectivity index (χ1n) is 5.90.